The van der Waals surface area contributed by atoms with E-state index in [0.717, 1.165) is 5.56 Å². The molecule has 2 heterocycles. The SMILES string of the molecule is CCOc1cccc(/C(O)=C2/C(=O)C(=O)N(c3ccccc3C)C2c2ccc(C)o2)c1. The third-order valence-electron chi connectivity index (χ3n) is 5.27. The lowest BCUT2D eigenvalue weighted by molar-refractivity contribution is -0.132. The van der Waals surface area contributed by atoms with Gasteiger partial charge in [0, 0.05) is 11.3 Å². The molecule has 0 aliphatic carbocycles. The van der Waals surface area contributed by atoms with E-state index in [2.05, 4.69) is 0 Å². The fraction of sp³-hybridized carbons (Fsp3) is 0.200. The van der Waals surface area contributed by atoms with Crippen LogP contribution in [-0.4, -0.2) is 23.4 Å². The van der Waals surface area contributed by atoms with Gasteiger partial charge in [0.2, 0.25) is 0 Å². The van der Waals surface area contributed by atoms with Gasteiger partial charge in [-0.05, 0) is 56.7 Å². The lowest BCUT2D eigenvalue weighted by atomic mass is 9.99. The van der Waals surface area contributed by atoms with Crippen molar-refractivity contribution >= 4 is 23.1 Å². The molecule has 1 N–H and O–H groups in total. The van der Waals surface area contributed by atoms with Gasteiger partial charge < -0.3 is 14.3 Å². The molecule has 1 fully saturated rings. The van der Waals surface area contributed by atoms with Crippen molar-refractivity contribution in [1.82, 2.24) is 0 Å². The van der Waals surface area contributed by atoms with Crippen LogP contribution >= 0.6 is 0 Å². The normalized spacial score (nSPS) is 17.9. The molecular formula is C25H23NO5. The van der Waals surface area contributed by atoms with Gasteiger partial charge in [-0.3, -0.25) is 14.5 Å². The fourth-order valence-electron chi connectivity index (χ4n) is 3.84. The molecule has 1 aliphatic rings. The first kappa shape index (κ1) is 20.5. The largest absolute Gasteiger partial charge is 0.507 e. The number of aliphatic hydroxyl groups excluding tert-OH is 1. The number of hydrogen-bond donors (Lipinski definition) is 1. The first-order valence-electron chi connectivity index (χ1n) is 10.1. The van der Waals surface area contributed by atoms with Crippen molar-refractivity contribution in [3.8, 4) is 5.75 Å². The van der Waals surface area contributed by atoms with Crippen LogP contribution in [0.5, 0.6) is 5.75 Å². The smallest absolute Gasteiger partial charge is 0.300 e. The summed E-state index contributed by atoms with van der Waals surface area (Å²) in [5.74, 6) is -0.135. The number of nitrogens with zero attached hydrogens (tertiary/aromatic N) is 1. The number of hydrogen-bond acceptors (Lipinski definition) is 5. The third kappa shape index (κ3) is 3.61. The monoisotopic (exact) mass is 417 g/mol. The standard InChI is InChI=1S/C25H23NO5/c1-4-30-18-10-7-9-17(14-18)23(27)21-22(20-13-12-16(3)31-20)26(25(29)24(21)28)19-11-6-5-8-15(19)2/h5-14,22,27H,4H2,1-3H3/b23-21-. The number of amides is 1. The molecule has 31 heavy (non-hydrogen) atoms. The van der Waals surface area contributed by atoms with Gasteiger partial charge in [0.1, 0.15) is 29.1 Å². The summed E-state index contributed by atoms with van der Waals surface area (Å²) in [6.07, 6.45) is 0. The molecule has 1 amide bonds. The summed E-state index contributed by atoms with van der Waals surface area (Å²) in [6, 6.07) is 16.7. The number of ether oxygens (including phenoxy) is 1. The van der Waals surface area contributed by atoms with E-state index in [-0.39, 0.29) is 11.3 Å². The van der Waals surface area contributed by atoms with E-state index in [1.165, 1.54) is 4.90 Å². The maximum atomic E-state index is 13.1. The van der Waals surface area contributed by atoms with Crippen LogP contribution in [-0.2, 0) is 9.59 Å². The molecule has 3 aromatic rings. The van der Waals surface area contributed by atoms with Gasteiger partial charge in [0.25, 0.3) is 11.7 Å². The van der Waals surface area contributed by atoms with Gasteiger partial charge in [-0.15, -0.1) is 0 Å². The fourth-order valence-corrected chi connectivity index (χ4v) is 3.84. The van der Waals surface area contributed by atoms with Crippen LogP contribution in [0.15, 0.2) is 70.7 Å². The summed E-state index contributed by atoms with van der Waals surface area (Å²) in [4.78, 5) is 27.7. The Kier molecular flexibility index (Phi) is 5.38. The summed E-state index contributed by atoms with van der Waals surface area (Å²) < 4.78 is 11.3. The Hall–Kier alpha value is -3.80. The summed E-state index contributed by atoms with van der Waals surface area (Å²) in [5, 5.41) is 11.2. The highest BCUT2D eigenvalue weighted by atomic mass is 16.5. The molecule has 6 heteroatoms. The van der Waals surface area contributed by atoms with Gasteiger partial charge in [-0.2, -0.15) is 0 Å². The van der Waals surface area contributed by atoms with E-state index < -0.39 is 17.7 Å². The van der Waals surface area contributed by atoms with Crippen LogP contribution < -0.4 is 9.64 Å². The van der Waals surface area contributed by atoms with Crippen molar-refractivity contribution in [3.05, 3.63) is 88.9 Å². The quantitative estimate of drug-likeness (QED) is 0.362. The number of furan rings is 1. The van der Waals surface area contributed by atoms with Crippen LogP contribution in [0, 0.1) is 13.8 Å². The van der Waals surface area contributed by atoms with Crippen molar-refractivity contribution < 1.29 is 23.8 Å². The molecule has 4 rings (SSSR count). The number of aryl methyl sites for hydroxylation is 2. The highest BCUT2D eigenvalue weighted by Gasteiger charge is 2.48. The molecule has 6 nitrogen and oxygen atoms in total. The van der Waals surface area contributed by atoms with Crippen LogP contribution in [0.1, 0.15) is 35.6 Å². The second kappa shape index (κ2) is 8.14. The van der Waals surface area contributed by atoms with Crippen molar-refractivity contribution in [2.45, 2.75) is 26.8 Å². The Bertz CT molecular complexity index is 1190. The summed E-state index contributed by atoms with van der Waals surface area (Å²) in [5.41, 5.74) is 1.79. The number of anilines is 1. The highest BCUT2D eigenvalue weighted by molar-refractivity contribution is 6.51. The van der Waals surface area contributed by atoms with Gasteiger partial charge in [0.15, 0.2) is 0 Å². The molecule has 1 saturated heterocycles. The molecule has 0 radical (unpaired) electrons. The number of rotatable bonds is 5. The molecule has 158 valence electrons. The Morgan fingerprint density at radius 1 is 1.06 bits per heavy atom. The van der Waals surface area contributed by atoms with Crippen LogP contribution in [0.25, 0.3) is 5.76 Å². The van der Waals surface area contributed by atoms with E-state index in [4.69, 9.17) is 9.15 Å². The lowest BCUT2D eigenvalue weighted by Crippen LogP contribution is -2.29. The lowest BCUT2D eigenvalue weighted by Gasteiger charge is -2.25. The predicted molar refractivity (Wildman–Crippen MR) is 117 cm³/mol. The van der Waals surface area contributed by atoms with Crippen molar-refractivity contribution in [2.75, 3.05) is 11.5 Å². The number of ketones is 1. The van der Waals surface area contributed by atoms with Gasteiger partial charge in [-0.25, -0.2) is 0 Å². The Morgan fingerprint density at radius 2 is 1.84 bits per heavy atom. The number of aliphatic hydroxyl groups is 1. The predicted octanol–water partition coefficient (Wildman–Crippen LogP) is 4.92. The van der Waals surface area contributed by atoms with E-state index in [1.54, 1.807) is 55.5 Å². The summed E-state index contributed by atoms with van der Waals surface area (Å²) in [6.45, 7) is 5.98. The molecule has 1 aromatic heterocycles. The Labute approximate surface area is 180 Å². The average Bonchev–Trinajstić information content (AvgIpc) is 3.30. The molecule has 1 atom stereocenters. The molecule has 2 aromatic carbocycles. The zero-order chi connectivity index (χ0) is 22.1. The minimum absolute atomic E-state index is 0.0174. The zero-order valence-electron chi connectivity index (χ0n) is 17.6. The van der Waals surface area contributed by atoms with E-state index in [0.29, 0.717) is 35.1 Å². The maximum Gasteiger partial charge on any atom is 0.300 e. The van der Waals surface area contributed by atoms with E-state index in [9.17, 15) is 14.7 Å². The minimum atomic E-state index is -0.884. The number of carbonyl (C=O) groups is 2. The van der Waals surface area contributed by atoms with E-state index >= 15 is 0 Å². The van der Waals surface area contributed by atoms with Gasteiger partial charge in [-0.1, -0.05) is 30.3 Å². The first-order valence-corrected chi connectivity index (χ1v) is 10.1. The van der Waals surface area contributed by atoms with E-state index in [1.807, 2.05) is 26.0 Å². The summed E-state index contributed by atoms with van der Waals surface area (Å²) >= 11 is 0. The molecule has 1 aliphatic heterocycles. The average molecular weight is 417 g/mol. The number of para-hydroxylation sites is 1. The van der Waals surface area contributed by atoms with Crippen LogP contribution in [0.2, 0.25) is 0 Å². The topological polar surface area (TPSA) is 80.0 Å². The third-order valence-corrected chi connectivity index (χ3v) is 5.27. The maximum absolute atomic E-state index is 13.1. The molecular weight excluding hydrogens is 394 g/mol. The van der Waals surface area contributed by atoms with Crippen molar-refractivity contribution in [3.63, 3.8) is 0 Å². The van der Waals surface area contributed by atoms with Crippen molar-refractivity contribution in [1.29, 1.82) is 0 Å². The number of carbonyl (C=O) groups excluding carboxylic acids is 2. The molecule has 0 spiro atoms. The summed E-state index contributed by atoms with van der Waals surface area (Å²) in [7, 11) is 0. The second-order valence-electron chi connectivity index (χ2n) is 7.36. The number of Topliss-reactive ketones (excluding diaryl/α,β-unsaturated/α-hetero) is 1. The number of benzene rings is 2. The van der Waals surface area contributed by atoms with Crippen LogP contribution in [0.3, 0.4) is 0 Å². The molecule has 1 unspecified atom stereocenters. The molecule has 0 saturated carbocycles. The first-order chi connectivity index (χ1) is 14.9. The molecule has 0 bridgehead atoms. The van der Waals surface area contributed by atoms with Gasteiger partial charge >= 0.3 is 0 Å². The zero-order valence-corrected chi connectivity index (χ0v) is 17.6. The van der Waals surface area contributed by atoms with Gasteiger partial charge in [0.05, 0.1) is 12.2 Å². The van der Waals surface area contributed by atoms with Crippen molar-refractivity contribution in [2.24, 2.45) is 0 Å². The Morgan fingerprint density at radius 3 is 2.52 bits per heavy atom. The van der Waals surface area contributed by atoms with Crippen LogP contribution in [0.4, 0.5) is 5.69 Å². The highest BCUT2D eigenvalue weighted by Crippen LogP contribution is 2.43. The minimum Gasteiger partial charge on any atom is -0.507 e. The second-order valence-corrected chi connectivity index (χ2v) is 7.36. The Balaban J connectivity index is 1.93.